The molecule has 0 unspecified atom stereocenters. The molecule has 0 aliphatic rings. The van der Waals surface area contributed by atoms with Crippen molar-refractivity contribution in [2.24, 2.45) is 0 Å². The molecule has 0 saturated carbocycles. The first-order valence-corrected chi connectivity index (χ1v) is 7.35. The summed E-state index contributed by atoms with van der Waals surface area (Å²) >= 11 is 0. The average Bonchev–Trinajstić information content (AvgIpc) is 2.42. The van der Waals surface area contributed by atoms with E-state index in [2.05, 4.69) is 55.3 Å². The van der Waals surface area contributed by atoms with Gasteiger partial charge in [0.1, 0.15) is 0 Å². The van der Waals surface area contributed by atoms with Crippen LogP contribution in [0.1, 0.15) is 39.2 Å². The molecule has 1 N–H and O–H groups in total. The third-order valence-electron chi connectivity index (χ3n) is 3.42. The maximum atomic E-state index is 3.45. The van der Waals surface area contributed by atoms with Gasteiger partial charge in [-0.1, -0.05) is 39.3 Å². The van der Waals surface area contributed by atoms with Crippen molar-refractivity contribution in [3.8, 4) is 0 Å². The molecule has 0 aromatic heterocycles. The lowest BCUT2D eigenvalue weighted by atomic mass is 10.1. The van der Waals surface area contributed by atoms with Gasteiger partial charge in [0, 0.05) is 18.8 Å². The molecule has 0 amide bonds. The molecule has 0 radical (unpaired) electrons. The van der Waals surface area contributed by atoms with Gasteiger partial charge in [0.05, 0.1) is 0 Å². The Morgan fingerprint density at radius 3 is 2.22 bits per heavy atom. The second kappa shape index (κ2) is 8.98. The number of nitrogens with zero attached hydrogens (tertiary/aromatic N) is 1. The van der Waals surface area contributed by atoms with E-state index in [0.29, 0.717) is 0 Å². The lowest BCUT2D eigenvalue weighted by Gasteiger charge is -2.17. The molecule has 1 aromatic rings. The van der Waals surface area contributed by atoms with E-state index >= 15 is 0 Å². The summed E-state index contributed by atoms with van der Waals surface area (Å²) in [5.74, 6) is 0. The molecule has 0 bridgehead atoms. The average molecular weight is 248 g/mol. The topological polar surface area (TPSA) is 15.3 Å². The Morgan fingerprint density at radius 2 is 1.67 bits per heavy atom. The molecule has 0 aliphatic carbocycles. The van der Waals surface area contributed by atoms with E-state index in [1.165, 1.54) is 24.1 Å². The molecule has 0 saturated heterocycles. The van der Waals surface area contributed by atoms with Gasteiger partial charge in [0.25, 0.3) is 0 Å². The summed E-state index contributed by atoms with van der Waals surface area (Å²) in [5.41, 5.74) is 2.68. The van der Waals surface area contributed by atoms with Crippen LogP contribution in [0.15, 0.2) is 24.3 Å². The van der Waals surface area contributed by atoms with E-state index in [0.717, 1.165) is 32.6 Å². The molecule has 0 fully saturated rings. The summed E-state index contributed by atoms with van der Waals surface area (Å²) in [6.45, 7) is 11.2. The molecular formula is C16H28N2. The Labute approximate surface area is 112 Å². The van der Waals surface area contributed by atoms with Gasteiger partial charge in [0.15, 0.2) is 0 Å². The summed E-state index contributed by atoms with van der Waals surface area (Å²) < 4.78 is 0. The van der Waals surface area contributed by atoms with E-state index in [4.69, 9.17) is 0 Å². The highest BCUT2D eigenvalue weighted by atomic mass is 15.1. The number of unbranched alkanes of at least 4 members (excludes halogenated alkanes) is 1. The quantitative estimate of drug-likeness (QED) is 0.669. The van der Waals surface area contributed by atoms with Crippen LogP contribution in [0, 0.1) is 0 Å². The lowest BCUT2D eigenvalue weighted by Crippen LogP contribution is -2.25. The van der Waals surface area contributed by atoms with Crippen LogP contribution in [-0.2, 0) is 6.42 Å². The number of benzene rings is 1. The summed E-state index contributed by atoms with van der Waals surface area (Å²) in [5, 5.41) is 3.45. The summed E-state index contributed by atoms with van der Waals surface area (Å²) in [6.07, 6.45) is 3.63. The summed E-state index contributed by atoms with van der Waals surface area (Å²) in [7, 11) is 0. The first-order valence-electron chi connectivity index (χ1n) is 7.35. The molecule has 2 nitrogen and oxygen atoms in total. The summed E-state index contributed by atoms with van der Waals surface area (Å²) in [6, 6.07) is 8.90. The highest BCUT2D eigenvalue weighted by Crippen LogP contribution is 2.10. The van der Waals surface area contributed by atoms with E-state index in [1.807, 2.05) is 0 Å². The predicted molar refractivity (Wildman–Crippen MR) is 81.3 cm³/mol. The fourth-order valence-electron chi connectivity index (χ4n) is 2.03. The minimum atomic E-state index is 1.08. The number of nitrogens with one attached hydrogen (secondary N) is 1. The zero-order valence-corrected chi connectivity index (χ0v) is 12.2. The van der Waals surface area contributed by atoms with E-state index in [9.17, 15) is 0 Å². The fourth-order valence-corrected chi connectivity index (χ4v) is 2.03. The van der Waals surface area contributed by atoms with Crippen LogP contribution in [-0.4, -0.2) is 31.1 Å². The Kier molecular flexibility index (Phi) is 7.51. The molecule has 0 heterocycles. The lowest BCUT2D eigenvalue weighted by molar-refractivity contribution is 0.308. The maximum Gasteiger partial charge on any atom is 0.0340 e. The number of hydrogen-bond acceptors (Lipinski definition) is 2. The van der Waals surface area contributed by atoms with Gasteiger partial charge >= 0.3 is 0 Å². The molecule has 0 spiro atoms. The standard InChI is InChI=1S/C16H28N2/c1-4-7-13-17-16-10-8-15(9-11-16)12-14-18(5-2)6-3/h8-11,17H,4-7,12-14H2,1-3H3. The van der Waals surface area contributed by atoms with Crippen molar-refractivity contribution < 1.29 is 0 Å². The van der Waals surface area contributed by atoms with Crippen molar-refractivity contribution in [3.05, 3.63) is 29.8 Å². The normalized spacial score (nSPS) is 10.9. The Balaban J connectivity index is 2.35. The van der Waals surface area contributed by atoms with Gasteiger partial charge in [-0.2, -0.15) is 0 Å². The third kappa shape index (κ3) is 5.54. The Morgan fingerprint density at radius 1 is 1.00 bits per heavy atom. The molecule has 18 heavy (non-hydrogen) atoms. The predicted octanol–water partition coefficient (Wildman–Crippen LogP) is 3.78. The maximum absolute atomic E-state index is 3.45. The van der Waals surface area contributed by atoms with Crippen molar-refractivity contribution >= 4 is 5.69 Å². The molecule has 1 rings (SSSR count). The largest absolute Gasteiger partial charge is 0.385 e. The van der Waals surface area contributed by atoms with Crippen LogP contribution in [0.5, 0.6) is 0 Å². The minimum Gasteiger partial charge on any atom is -0.385 e. The van der Waals surface area contributed by atoms with Gasteiger partial charge in [-0.15, -0.1) is 0 Å². The second-order valence-corrected chi connectivity index (χ2v) is 4.75. The van der Waals surface area contributed by atoms with Crippen LogP contribution in [0.4, 0.5) is 5.69 Å². The van der Waals surface area contributed by atoms with Gasteiger partial charge in [-0.3, -0.25) is 0 Å². The molecule has 0 atom stereocenters. The van der Waals surface area contributed by atoms with Crippen molar-refractivity contribution in [2.45, 2.75) is 40.0 Å². The fraction of sp³-hybridized carbons (Fsp3) is 0.625. The second-order valence-electron chi connectivity index (χ2n) is 4.75. The monoisotopic (exact) mass is 248 g/mol. The zero-order valence-electron chi connectivity index (χ0n) is 12.2. The SMILES string of the molecule is CCCCNc1ccc(CCN(CC)CC)cc1. The number of likely N-dealkylation sites (N-methyl/N-ethyl adjacent to an activating group) is 1. The summed E-state index contributed by atoms with van der Waals surface area (Å²) in [4.78, 5) is 2.47. The van der Waals surface area contributed by atoms with Crippen molar-refractivity contribution in [2.75, 3.05) is 31.5 Å². The van der Waals surface area contributed by atoms with Crippen LogP contribution in [0.2, 0.25) is 0 Å². The Bertz CT molecular complexity index is 301. The molecular weight excluding hydrogens is 220 g/mol. The van der Waals surface area contributed by atoms with Gasteiger partial charge in [-0.05, 0) is 43.6 Å². The highest BCUT2D eigenvalue weighted by Gasteiger charge is 2.00. The van der Waals surface area contributed by atoms with Crippen LogP contribution in [0.3, 0.4) is 0 Å². The van der Waals surface area contributed by atoms with E-state index < -0.39 is 0 Å². The molecule has 0 aliphatic heterocycles. The molecule has 1 aromatic carbocycles. The molecule has 102 valence electrons. The number of rotatable bonds is 9. The highest BCUT2D eigenvalue weighted by molar-refractivity contribution is 5.44. The number of hydrogen-bond donors (Lipinski definition) is 1. The van der Waals surface area contributed by atoms with Gasteiger partial charge < -0.3 is 10.2 Å². The van der Waals surface area contributed by atoms with Crippen LogP contribution in [0.25, 0.3) is 0 Å². The van der Waals surface area contributed by atoms with E-state index in [1.54, 1.807) is 0 Å². The van der Waals surface area contributed by atoms with Gasteiger partial charge in [-0.25, -0.2) is 0 Å². The van der Waals surface area contributed by atoms with Crippen LogP contribution < -0.4 is 5.32 Å². The van der Waals surface area contributed by atoms with Crippen molar-refractivity contribution in [3.63, 3.8) is 0 Å². The van der Waals surface area contributed by atoms with E-state index in [-0.39, 0.29) is 0 Å². The minimum absolute atomic E-state index is 1.08. The van der Waals surface area contributed by atoms with Crippen LogP contribution >= 0.6 is 0 Å². The Hall–Kier alpha value is -1.02. The third-order valence-corrected chi connectivity index (χ3v) is 3.42. The number of anilines is 1. The van der Waals surface area contributed by atoms with Gasteiger partial charge in [0.2, 0.25) is 0 Å². The smallest absolute Gasteiger partial charge is 0.0340 e. The first kappa shape index (κ1) is 15.0. The van der Waals surface area contributed by atoms with Crippen molar-refractivity contribution in [1.29, 1.82) is 0 Å². The van der Waals surface area contributed by atoms with Crippen molar-refractivity contribution in [1.82, 2.24) is 4.90 Å². The zero-order chi connectivity index (χ0) is 13.2. The molecule has 2 heteroatoms. The first-order chi connectivity index (χ1) is 8.80.